The zero-order chi connectivity index (χ0) is 18.0. The average Bonchev–Trinajstić information content (AvgIpc) is 3.01. The van der Waals surface area contributed by atoms with E-state index in [2.05, 4.69) is 10.4 Å². The number of nitrogens with zero attached hydrogens (tertiary/aromatic N) is 3. The molecule has 3 rings (SSSR count). The number of rotatable bonds is 3. The topological polar surface area (TPSA) is 87.5 Å². The molecular weight excluding hydrogens is 320 g/mol. The van der Waals surface area contributed by atoms with Gasteiger partial charge in [0.2, 0.25) is 0 Å². The summed E-state index contributed by atoms with van der Waals surface area (Å²) in [5.41, 5.74) is 3.48. The zero-order valence-corrected chi connectivity index (χ0v) is 14.4. The summed E-state index contributed by atoms with van der Waals surface area (Å²) in [6.45, 7) is 4.71. The van der Waals surface area contributed by atoms with Crippen molar-refractivity contribution in [3.63, 3.8) is 0 Å². The van der Waals surface area contributed by atoms with Crippen LogP contribution in [0, 0.1) is 19.8 Å². The molecule has 0 radical (unpaired) electrons. The Hall–Kier alpha value is -2.83. The second-order valence-electron chi connectivity index (χ2n) is 6.54. The number of likely N-dealkylation sites (tertiary alicyclic amines) is 1. The molecule has 1 atom stereocenters. The van der Waals surface area contributed by atoms with Crippen LogP contribution in [-0.2, 0) is 4.79 Å². The Labute approximate surface area is 146 Å². The van der Waals surface area contributed by atoms with Gasteiger partial charge in [-0.3, -0.25) is 4.79 Å². The van der Waals surface area contributed by atoms with E-state index in [0.717, 1.165) is 16.8 Å². The lowest BCUT2D eigenvalue weighted by molar-refractivity contribution is -0.143. The molecule has 25 heavy (non-hydrogen) atoms. The van der Waals surface area contributed by atoms with E-state index in [9.17, 15) is 14.7 Å². The maximum atomic E-state index is 12.6. The Morgan fingerprint density at radius 3 is 2.76 bits per heavy atom. The Morgan fingerprint density at radius 1 is 1.28 bits per heavy atom. The molecule has 1 aromatic heterocycles. The van der Waals surface area contributed by atoms with Gasteiger partial charge in [-0.15, -0.1) is 0 Å². The van der Waals surface area contributed by atoms with Gasteiger partial charge in [-0.2, -0.15) is 5.10 Å². The van der Waals surface area contributed by atoms with Gasteiger partial charge >= 0.3 is 12.0 Å². The minimum atomic E-state index is -0.847. The number of urea groups is 1. The fraction of sp³-hybridized carbons (Fsp3) is 0.389. The number of carboxylic acid groups (broad SMARTS) is 1. The van der Waals surface area contributed by atoms with Crippen molar-refractivity contribution < 1.29 is 14.7 Å². The van der Waals surface area contributed by atoms with Crippen molar-refractivity contribution in [3.8, 4) is 5.69 Å². The standard InChI is InChI=1S/C18H22N4O3/c1-12-5-6-16(22-10-13(2)9-19-22)15(8-12)20-18(25)21-7-3-4-14(11-21)17(23)24/h5-6,8-10,14H,3-4,7,11H2,1-2H3,(H,20,25)(H,23,24). The van der Waals surface area contributed by atoms with Crippen molar-refractivity contribution in [2.45, 2.75) is 26.7 Å². The number of hydrogen-bond acceptors (Lipinski definition) is 3. The Kier molecular flexibility index (Phi) is 4.74. The highest BCUT2D eigenvalue weighted by Gasteiger charge is 2.28. The van der Waals surface area contributed by atoms with Crippen molar-refractivity contribution in [2.24, 2.45) is 5.92 Å². The third-order valence-corrected chi connectivity index (χ3v) is 4.41. The molecule has 1 unspecified atom stereocenters. The van der Waals surface area contributed by atoms with E-state index >= 15 is 0 Å². The third-order valence-electron chi connectivity index (χ3n) is 4.41. The van der Waals surface area contributed by atoms with E-state index in [4.69, 9.17) is 0 Å². The first kappa shape index (κ1) is 17.0. The SMILES string of the molecule is Cc1ccc(-n2cc(C)cn2)c(NC(=O)N2CCCC(C(=O)O)C2)c1. The number of piperidine rings is 1. The molecule has 2 aromatic rings. The average molecular weight is 342 g/mol. The third kappa shape index (κ3) is 3.81. The minimum absolute atomic E-state index is 0.239. The number of nitrogens with one attached hydrogen (secondary N) is 1. The van der Waals surface area contributed by atoms with Crippen molar-refractivity contribution in [3.05, 3.63) is 41.7 Å². The molecule has 1 saturated heterocycles. The fourth-order valence-electron chi connectivity index (χ4n) is 3.05. The summed E-state index contributed by atoms with van der Waals surface area (Å²) in [7, 11) is 0. The molecule has 0 spiro atoms. The Balaban J connectivity index is 1.81. The quantitative estimate of drug-likeness (QED) is 0.898. The molecule has 1 aromatic carbocycles. The van der Waals surface area contributed by atoms with E-state index in [1.54, 1.807) is 15.8 Å². The summed E-state index contributed by atoms with van der Waals surface area (Å²) < 4.78 is 1.72. The van der Waals surface area contributed by atoms with Gasteiger partial charge in [0.15, 0.2) is 0 Å². The lowest BCUT2D eigenvalue weighted by Crippen LogP contribution is -2.44. The molecular formula is C18H22N4O3. The monoisotopic (exact) mass is 342 g/mol. The van der Waals surface area contributed by atoms with Gasteiger partial charge in [0, 0.05) is 19.3 Å². The number of aliphatic carboxylic acids is 1. The van der Waals surface area contributed by atoms with Crippen LogP contribution in [0.3, 0.4) is 0 Å². The van der Waals surface area contributed by atoms with Crippen LogP contribution in [0.1, 0.15) is 24.0 Å². The highest BCUT2D eigenvalue weighted by atomic mass is 16.4. The van der Waals surface area contributed by atoms with Crippen LogP contribution < -0.4 is 5.32 Å². The smallest absolute Gasteiger partial charge is 0.321 e. The first-order chi connectivity index (χ1) is 11.9. The van der Waals surface area contributed by atoms with E-state index in [1.807, 2.05) is 38.2 Å². The first-order valence-corrected chi connectivity index (χ1v) is 8.35. The molecule has 7 nitrogen and oxygen atoms in total. The van der Waals surface area contributed by atoms with Crippen molar-refractivity contribution in [1.82, 2.24) is 14.7 Å². The molecule has 132 valence electrons. The Morgan fingerprint density at radius 2 is 2.08 bits per heavy atom. The first-order valence-electron chi connectivity index (χ1n) is 8.35. The van der Waals surface area contributed by atoms with E-state index < -0.39 is 11.9 Å². The van der Waals surface area contributed by atoms with Crippen LogP contribution in [0.25, 0.3) is 5.69 Å². The number of amides is 2. The molecule has 0 bridgehead atoms. The van der Waals surface area contributed by atoms with Gasteiger partial charge in [0.25, 0.3) is 0 Å². The van der Waals surface area contributed by atoms with Gasteiger partial charge < -0.3 is 15.3 Å². The van der Waals surface area contributed by atoms with Gasteiger partial charge in [-0.05, 0) is 49.9 Å². The van der Waals surface area contributed by atoms with E-state index in [-0.39, 0.29) is 12.6 Å². The number of carboxylic acids is 1. The fourth-order valence-corrected chi connectivity index (χ4v) is 3.05. The van der Waals surface area contributed by atoms with Crippen LogP contribution in [0.2, 0.25) is 0 Å². The lowest BCUT2D eigenvalue weighted by atomic mass is 9.99. The number of carbonyl (C=O) groups is 2. The van der Waals surface area contributed by atoms with Crippen LogP contribution in [0.5, 0.6) is 0 Å². The summed E-state index contributed by atoms with van der Waals surface area (Å²) in [6.07, 6.45) is 4.96. The normalized spacial score (nSPS) is 17.4. The number of anilines is 1. The molecule has 2 heterocycles. The summed E-state index contributed by atoms with van der Waals surface area (Å²) in [6, 6.07) is 5.49. The minimum Gasteiger partial charge on any atom is -0.481 e. The maximum Gasteiger partial charge on any atom is 0.321 e. The summed E-state index contributed by atoms with van der Waals surface area (Å²) in [5, 5.41) is 16.4. The maximum absolute atomic E-state index is 12.6. The van der Waals surface area contributed by atoms with Crippen LogP contribution in [0.4, 0.5) is 10.5 Å². The summed E-state index contributed by atoms with van der Waals surface area (Å²) in [4.78, 5) is 25.4. The van der Waals surface area contributed by atoms with Crippen molar-refractivity contribution in [1.29, 1.82) is 0 Å². The van der Waals surface area contributed by atoms with E-state index in [1.165, 1.54) is 0 Å². The van der Waals surface area contributed by atoms with Crippen molar-refractivity contribution in [2.75, 3.05) is 18.4 Å². The lowest BCUT2D eigenvalue weighted by Gasteiger charge is -2.31. The van der Waals surface area contributed by atoms with Gasteiger partial charge in [-0.1, -0.05) is 6.07 Å². The summed E-state index contributed by atoms with van der Waals surface area (Å²) in [5.74, 6) is -1.34. The number of carbonyl (C=O) groups excluding carboxylic acids is 1. The van der Waals surface area contributed by atoms with Gasteiger partial charge in [-0.25, -0.2) is 9.48 Å². The predicted molar refractivity (Wildman–Crippen MR) is 94.0 cm³/mol. The van der Waals surface area contributed by atoms with Crippen molar-refractivity contribution >= 4 is 17.7 Å². The molecule has 2 amide bonds. The van der Waals surface area contributed by atoms with E-state index in [0.29, 0.717) is 25.1 Å². The zero-order valence-electron chi connectivity index (χ0n) is 14.4. The molecule has 2 N–H and O–H groups in total. The number of benzene rings is 1. The number of aryl methyl sites for hydroxylation is 2. The number of aromatic nitrogens is 2. The Bertz CT molecular complexity index is 799. The molecule has 0 saturated carbocycles. The summed E-state index contributed by atoms with van der Waals surface area (Å²) >= 11 is 0. The van der Waals surface area contributed by atoms with Gasteiger partial charge in [0.1, 0.15) is 0 Å². The molecule has 1 fully saturated rings. The number of hydrogen-bond donors (Lipinski definition) is 2. The second kappa shape index (κ2) is 6.96. The van der Waals surface area contributed by atoms with Crippen LogP contribution in [-0.4, -0.2) is 44.9 Å². The van der Waals surface area contributed by atoms with Gasteiger partial charge in [0.05, 0.1) is 23.5 Å². The molecule has 1 aliphatic rings. The van der Waals surface area contributed by atoms with Crippen LogP contribution in [0.15, 0.2) is 30.6 Å². The largest absolute Gasteiger partial charge is 0.481 e. The molecule has 1 aliphatic heterocycles. The highest BCUT2D eigenvalue weighted by molar-refractivity contribution is 5.92. The highest BCUT2D eigenvalue weighted by Crippen LogP contribution is 2.23. The molecule has 7 heteroatoms. The molecule has 0 aliphatic carbocycles. The predicted octanol–water partition coefficient (Wildman–Crippen LogP) is 2.82. The van der Waals surface area contributed by atoms with Crippen LogP contribution >= 0.6 is 0 Å². The second-order valence-corrected chi connectivity index (χ2v) is 6.54.